The first-order valence-electron chi connectivity index (χ1n) is 5.30. The lowest BCUT2D eigenvalue weighted by atomic mass is 10.0. The van der Waals surface area contributed by atoms with Crippen LogP contribution in [-0.4, -0.2) is 0 Å². The van der Waals surface area contributed by atoms with E-state index in [1.807, 2.05) is 30.0 Å². The summed E-state index contributed by atoms with van der Waals surface area (Å²) in [6, 6.07) is 17.3. The van der Waals surface area contributed by atoms with Crippen LogP contribution in [0.3, 0.4) is 0 Å². The maximum atomic E-state index is 12.8. The van der Waals surface area contributed by atoms with Crippen molar-refractivity contribution in [1.82, 2.24) is 0 Å². The third kappa shape index (κ3) is 1.85. The van der Waals surface area contributed by atoms with Gasteiger partial charge in [0, 0.05) is 10.5 Å². The van der Waals surface area contributed by atoms with Gasteiger partial charge in [-0.25, -0.2) is 4.39 Å². The first kappa shape index (κ1) is 9.91. The lowest BCUT2D eigenvalue weighted by molar-refractivity contribution is 0.627. The van der Waals surface area contributed by atoms with E-state index in [9.17, 15) is 4.39 Å². The predicted molar refractivity (Wildman–Crippen MR) is 65.9 cm³/mol. The van der Waals surface area contributed by atoms with E-state index in [4.69, 9.17) is 0 Å². The minimum Gasteiger partial charge on any atom is -0.207 e. The van der Waals surface area contributed by atoms with E-state index < -0.39 is 0 Å². The Morgan fingerprint density at radius 1 is 0.750 bits per heavy atom. The first-order chi connectivity index (χ1) is 7.84. The first-order valence-corrected chi connectivity index (χ1v) is 6.25. The fourth-order valence-corrected chi connectivity index (χ4v) is 3.08. The average molecular weight is 230 g/mol. The van der Waals surface area contributed by atoms with E-state index >= 15 is 0 Å². The van der Waals surface area contributed by atoms with Gasteiger partial charge in [-0.05, 0) is 23.3 Å². The second kappa shape index (κ2) is 3.95. The maximum Gasteiger partial charge on any atom is 0.123 e. The SMILES string of the molecule is Fc1ccc([C@@H]2S[C@H]2c2ccccc2)cc1. The Hall–Kier alpha value is -1.28. The van der Waals surface area contributed by atoms with Gasteiger partial charge in [0.15, 0.2) is 0 Å². The van der Waals surface area contributed by atoms with Crippen molar-refractivity contribution in [3.8, 4) is 0 Å². The Bertz CT molecular complexity index is 478. The van der Waals surface area contributed by atoms with E-state index in [0.717, 1.165) is 0 Å². The molecule has 0 nitrogen and oxygen atoms in total. The van der Waals surface area contributed by atoms with Crippen LogP contribution in [0.4, 0.5) is 4.39 Å². The highest BCUT2D eigenvalue weighted by Gasteiger charge is 2.40. The van der Waals surface area contributed by atoms with Crippen LogP contribution in [0.2, 0.25) is 0 Å². The molecule has 0 aromatic heterocycles. The van der Waals surface area contributed by atoms with Crippen LogP contribution in [0, 0.1) is 5.82 Å². The van der Waals surface area contributed by atoms with Gasteiger partial charge in [-0.3, -0.25) is 0 Å². The van der Waals surface area contributed by atoms with Crippen LogP contribution < -0.4 is 0 Å². The zero-order valence-electron chi connectivity index (χ0n) is 8.64. The summed E-state index contributed by atoms with van der Waals surface area (Å²) in [5.74, 6) is -0.161. The zero-order valence-corrected chi connectivity index (χ0v) is 9.45. The summed E-state index contributed by atoms with van der Waals surface area (Å²) in [4.78, 5) is 0. The minimum atomic E-state index is -0.161. The molecular formula is C14H11FS. The lowest BCUT2D eigenvalue weighted by Crippen LogP contribution is -1.84. The molecule has 0 unspecified atom stereocenters. The molecule has 1 heterocycles. The molecule has 0 radical (unpaired) electrons. The van der Waals surface area contributed by atoms with Crippen molar-refractivity contribution in [2.75, 3.05) is 0 Å². The van der Waals surface area contributed by atoms with Crippen LogP contribution in [0.25, 0.3) is 0 Å². The molecule has 1 saturated heterocycles. The number of hydrogen-bond acceptors (Lipinski definition) is 1. The van der Waals surface area contributed by atoms with Crippen molar-refractivity contribution in [2.45, 2.75) is 10.5 Å². The van der Waals surface area contributed by atoms with Crippen LogP contribution in [0.5, 0.6) is 0 Å². The molecule has 80 valence electrons. The second-order valence-corrected chi connectivity index (χ2v) is 5.23. The molecule has 1 fully saturated rings. The smallest absolute Gasteiger partial charge is 0.123 e. The van der Waals surface area contributed by atoms with E-state index in [-0.39, 0.29) is 5.82 Å². The molecule has 0 saturated carbocycles. The average Bonchev–Trinajstić information content (AvgIpc) is 3.11. The van der Waals surface area contributed by atoms with Gasteiger partial charge in [-0.1, -0.05) is 42.5 Å². The number of hydrogen-bond donors (Lipinski definition) is 0. The van der Waals surface area contributed by atoms with Crippen molar-refractivity contribution >= 4 is 11.8 Å². The maximum absolute atomic E-state index is 12.8. The van der Waals surface area contributed by atoms with Crippen LogP contribution >= 0.6 is 11.8 Å². The van der Waals surface area contributed by atoms with Crippen LogP contribution in [-0.2, 0) is 0 Å². The van der Waals surface area contributed by atoms with E-state index in [1.54, 1.807) is 0 Å². The summed E-state index contributed by atoms with van der Waals surface area (Å²) in [6.45, 7) is 0. The standard InChI is InChI=1S/C14H11FS/c15-12-8-6-11(7-9-12)14-13(16-14)10-4-2-1-3-5-10/h1-9,13-14H/t13-,14-/m0/s1. The molecule has 2 heteroatoms. The van der Waals surface area contributed by atoms with Crippen LogP contribution in [0.1, 0.15) is 21.6 Å². The van der Waals surface area contributed by atoms with Crippen molar-refractivity contribution in [2.24, 2.45) is 0 Å². The zero-order chi connectivity index (χ0) is 11.0. The number of benzene rings is 2. The third-order valence-electron chi connectivity index (χ3n) is 2.82. The van der Waals surface area contributed by atoms with Gasteiger partial charge in [0.25, 0.3) is 0 Å². The third-order valence-corrected chi connectivity index (χ3v) is 4.18. The molecule has 1 aliphatic heterocycles. The Balaban J connectivity index is 1.79. The number of thioether (sulfide) groups is 1. The van der Waals surface area contributed by atoms with Gasteiger partial charge >= 0.3 is 0 Å². The lowest BCUT2D eigenvalue weighted by Gasteiger charge is -1.99. The van der Waals surface area contributed by atoms with Gasteiger partial charge < -0.3 is 0 Å². The summed E-state index contributed by atoms with van der Waals surface area (Å²) in [5, 5.41) is 1.05. The Labute approximate surface area is 98.5 Å². The molecule has 0 spiro atoms. The highest BCUT2D eigenvalue weighted by Crippen LogP contribution is 2.65. The molecule has 16 heavy (non-hydrogen) atoms. The van der Waals surface area contributed by atoms with E-state index in [2.05, 4.69) is 24.3 Å². The Morgan fingerprint density at radius 3 is 1.94 bits per heavy atom. The van der Waals surface area contributed by atoms with Gasteiger partial charge in [0.05, 0.1) is 0 Å². The minimum absolute atomic E-state index is 0.161. The van der Waals surface area contributed by atoms with Crippen molar-refractivity contribution in [3.63, 3.8) is 0 Å². The van der Waals surface area contributed by atoms with Gasteiger partial charge in [0.2, 0.25) is 0 Å². The molecular weight excluding hydrogens is 219 g/mol. The molecule has 0 aliphatic carbocycles. The largest absolute Gasteiger partial charge is 0.207 e. The fraction of sp³-hybridized carbons (Fsp3) is 0.143. The molecule has 0 N–H and O–H groups in total. The van der Waals surface area contributed by atoms with Crippen LogP contribution in [0.15, 0.2) is 54.6 Å². The highest BCUT2D eigenvalue weighted by atomic mass is 32.2. The van der Waals surface area contributed by atoms with E-state index in [0.29, 0.717) is 10.5 Å². The Morgan fingerprint density at radius 2 is 1.31 bits per heavy atom. The predicted octanol–water partition coefficient (Wildman–Crippen LogP) is 4.35. The summed E-state index contributed by atoms with van der Waals surface area (Å²) in [6.07, 6.45) is 0. The summed E-state index contributed by atoms with van der Waals surface area (Å²) < 4.78 is 12.8. The van der Waals surface area contributed by atoms with E-state index in [1.165, 1.54) is 23.3 Å². The molecule has 3 rings (SSSR count). The molecule has 1 aliphatic rings. The molecule has 2 aromatic carbocycles. The number of halogens is 1. The van der Waals surface area contributed by atoms with Crippen molar-refractivity contribution < 1.29 is 4.39 Å². The summed E-state index contributed by atoms with van der Waals surface area (Å²) in [5.41, 5.74) is 2.59. The second-order valence-electron chi connectivity index (χ2n) is 3.94. The monoisotopic (exact) mass is 230 g/mol. The molecule has 2 aromatic rings. The summed E-state index contributed by atoms with van der Waals surface area (Å²) in [7, 11) is 0. The van der Waals surface area contributed by atoms with Gasteiger partial charge in [-0.2, -0.15) is 0 Å². The topological polar surface area (TPSA) is 0 Å². The highest BCUT2D eigenvalue weighted by molar-refractivity contribution is 8.06. The Kier molecular flexibility index (Phi) is 2.44. The normalized spacial score (nSPS) is 23.1. The fourth-order valence-electron chi connectivity index (χ4n) is 1.91. The molecule has 0 amide bonds. The van der Waals surface area contributed by atoms with Crippen molar-refractivity contribution in [3.05, 3.63) is 71.5 Å². The summed E-state index contributed by atoms with van der Waals surface area (Å²) >= 11 is 1.93. The quantitative estimate of drug-likeness (QED) is 0.691. The van der Waals surface area contributed by atoms with Gasteiger partial charge in [0.1, 0.15) is 5.82 Å². The number of rotatable bonds is 2. The van der Waals surface area contributed by atoms with Gasteiger partial charge in [-0.15, -0.1) is 11.8 Å². The molecule has 2 atom stereocenters. The van der Waals surface area contributed by atoms with Crippen molar-refractivity contribution in [1.29, 1.82) is 0 Å². The molecule has 0 bridgehead atoms.